The number of carbonyl (C=O) groups is 1. The summed E-state index contributed by atoms with van der Waals surface area (Å²) in [7, 11) is 6.37. The number of hydrogen-bond acceptors (Lipinski definition) is 4. The number of phenolic OH excluding ortho intramolecular Hbond substituents is 1. The van der Waals surface area contributed by atoms with E-state index in [4.69, 9.17) is 7.85 Å². The largest absolute Gasteiger partial charge is 0.573 e. The van der Waals surface area contributed by atoms with Gasteiger partial charge in [0.25, 0.3) is 0 Å². The lowest BCUT2D eigenvalue weighted by Gasteiger charge is -2.29. The standard InChI is InChI=1S/C26H25BF3N3O3/c1-3-25(4-2)15-33(23-21(34)14-13-18(27)22(23)25)20-8-6-5-7-19(20)32-24(35)31-16-9-11-17(12-10-16)36-26(28,29)30/h5-14,34H,3-4,15H2,1-2H3,(H2,31,32,35). The lowest BCUT2D eigenvalue weighted by molar-refractivity contribution is -0.274. The molecule has 0 unspecified atom stereocenters. The van der Waals surface area contributed by atoms with E-state index < -0.39 is 12.4 Å². The Morgan fingerprint density at radius 3 is 2.36 bits per heavy atom. The maximum Gasteiger partial charge on any atom is 0.573 e. The van der Waals surface area contributed by atoms with Crippen LogP contribution in [0.1, 0.15) is 32.3 Å². The van der Waals surface area contributed by atoms with Gasteiger partial charge < -0.3 is 25.4 Å². The monoisotopic (exact) mass is 495 g/mol. The molecule has 0 aromatic heterocycles. The molecule has 2 radical (unpaired) electrons. The Labute approximate surface area is 208 Å². The van der Waals surface area contributed by atoms with Crippen LogP contribution in [0.4, 0.5) is 40.7 Å². The van der Waals surface area contributed by atoms with Crippen LogP contribution in [0, 0.1) is 0 Å². The molecular weight excluding hydrogens is 470 g/mol. The minimum absolute atomic E-state index is 0.100. The number of anilines is 4. The molecule has 4 rings (SSSR count). The van der Waals surface area contributed by atoms with Gasteiger partial charge in [0, 0.05) is 17.6 Å². The number of phenols is 1. The topological polar surface area (TPSA) is 73.8 Å². The minimum atomic E-state index is -4.80. The van der Waals surface area contributed by atoms with E-state index in [-0.39, 0.29) is 22.6 Å². The van der Waals surface area contributed by atoms with Gasteiger partial charge in [-0.3, -0.25) is 0 Å². The van der Waals surface area contributed by atoms with Crippen LogP contribution in [0.15, 0.2) is 60.7 Å². The van der Waals surface area contributed by atoms with Crippen molar-refractivity contribution < 1.29 is 27.8 Å². The van der Waals surface area contributed by atoms with E-state index >= 15 is 0 Å². The molecule has 0 aliphatic carbocycles. The summed E-state index contributed by atoms with van der Waals surface area (Å²) in [6.07, 6.45) is -3.17. The molecule has 1 heterocycles. The summed E-state index contributed by atoms with van der Waals surface area (Å²) in [6.45, 7) is 4.74. The van der Waals surface area contributed by atoms with E-state index in [1.807, 2.05) is 17.0 Å². The van der Waals surface area contributed by atoms with Crippen LogP contribution in [0.5, 0.6) is 11.5 Å². The van der Waals surface area contributed by atoms with Gasteiger partial charge in [0.1, 0.15) is 19.3 Å². The first-order valence-electron chi connectivity index (χ1n) is 11.5. The van der Waals surface area contributed by atoms with Gasteiger partial charge in [-0.2, -0.15) is 0 Å². The smallest absolute Gasteiger partial charge is 0.506 e. The first kappa shape index (κ1) is 25.3. The number of rotatable bonds is 6. The van der Waals surface area contributed by atoms with E-state index in [1.165, 1.54) is 12.1 Å². The SMILES string of the molecule is [B]c1ccc(O)c2c1C(CC)(CC)CN2c1ccccc1NC(=O)Nc1ccc(OC(F)(F)F)cc1. The number of nitrogens with one attached hydrogen (secondary N) is 2. The first-order valence-corrected chi connectivity index (χ1v) is 11.5. The average Bonchev–Trinajstić information content (AvgIpc) is 3.19. The van der Waals surface area contributed by atoms with E-state index in [0.29, 0.717) is 29.1 Å². The number of amides is 2. The molecule has 6 nitrogen and oxygen atoms in total. The highest BCUT2D eigenvalue weighted by Gasteiger charge is 2.43. The number of alkyl halides is 3. The van der Waals surface area contributed by atoms with Crippen molar-refractivity contribution >= 4 is 42.1 Å². The maximum atomic E-state index is 12.7. The molecule has 186 valence electrons. The molecule has 0 spiro atoms. The Kier molecular flexibility index (Phi) is 6.80. The van der Waals surface area contributed by atoms with Crippen LogP contribution in [0.3, 0.4) is 0 Å². The Morgan fingerprint density at radius 2 is 1.72 bits per heavy atom. The fourth-order valence-corrected chi connectivity index (χ4v) is 4.76. The summed E-state index contributed by atoms with van der Waals surface area (Å²) in [5, 5.41) is 16.2. The second kappa shape index (κ2) is 9.68. The Morgan fingerprint density at radius 1 is 1.06 bits per heavy atom. The molecule has 2 amide bonds. The van der Waals surface area contributed by atoms with E-state index in [0.717, 1.165) is 30.5 Å². The molecular formula is C26H25BF3N3O3. The molecule has 3 aromatic rings. The molecule has 0 saturated heterocycles. The molecule has 0 atom stereocenters. The summed E-state index contributed by atoms with van der Waals surface area (Å²) in [5.74, 6) is -0.288. The van der Waals surface area contributed by atoms with Crippen LogP contribution in [-0.2, 0) is 5.41 Å². The maximum absolute atomic E-state index is 12.7. The summed E-state index contributed by atoms with van der Waals surface area (Å²) >= 11 is 0. The minimum Gasteiger partial charge on any atom is -0.506 e. The van der Waals surface area contributed by atoms with Crippen molar-refractivity contribution in [1.29, 1.82) is 0 Å². The van der Waals surface area contributed by atoms with Crippen LogP contribution >= 0.6 is 0 Å². The third kappa shape index (κ3) is 4.93. The number of hydrogen-bond donors (Lipinski definition) is 3. The predicted octanol–water partition coefficient (Wildman–Crippen LogP) is 5.94. The zero-order valence-electron chi connectivity index (χ0n) is 19.8. The molecule has 0 saturated carbocycles. The summed E-state index contributed by atoms with van der Waals surface area (Å²) in [4.78, 5) is 14.7. The third-order valence-electron chi connectivity index (χ3n) is 6.59. The van der Waals surface area contributed by atoms with Gasteiger partial charge in [-0.05, 0) is 60.9 Å². The molecule has 3 aromatic carbocycles. The van der Waals surface area contributed by atoms with Crippen molar-refractivity contribution in [2.24, 2.45) is 0 Å². The van der Waals surface area contributed by atoms with Crippen molar-refractivity contribution in [2.75, 3.05) is 22.1 Å². The zero-order chi connectivity index (χ0) is 26.1. The van der Waals surface area contributed by atoms with E-state index in [9.17, 15) is 23.1 Å². The lowest BCUT2D eigenvalue weighted by Crippen LogP contribution is -2.33. The van der Waals surface area contributed by atoms with E-state index in [2.05, 4.69) is 29.2 Å². The third-order valence-corrected chi connectivity index (χ3v) is 6.59. The van der Waals surface area contributed by atoms with Crippen molar-refractivity contribution in [1.82, 2.24) is 0 Å². The molecule has 3 N–H and O–H groups in total. The quantitative estimate of drug-likeness (QED) is 0.371. The van der Waals surface area contributed by atoms with Crippen molar-refractivity contribution in [3.63, 3.8) is 0 Å². The number of carbonyl (C=O) groups excluding carboxylic acids is 1. The molecule has 10 heteroatoms. The molecule has 0 bridgehead atoms. The Bertz CT molecular complexity index is 1260. The van der Waals surface area contributed by atoms with E-state index in [1.54, 1.807) is 24.3 Å². The molecule has 36 heavy (non-hydrogen) atoms. The molecule has 1 aliphatic rings. The second-order valence-corrected chi connectivity index (χ2v) is 8.64. The highest BCUT2D eigenvalue weighted by Crippen LogP contribution is 2.52. The van der Waals surface area contributed by atoms with Crippen LogP contribution in [0.25, 0.3) is 0 Å². The predicted molar refractivity (Wildman–Crippen MR) is 135 cm³/mol. The number of fused-ring (bicyclic) bond motifs is 1. The number of benzene rings is 3. The van der Waals surface area contributed by atoms with Gasteiger partial charge in [-0.15, -0.1) is 13.2 Å². The fraction of sp³-hybridized carbons (Fsp3) is 0.269. The lowest BCUT2D eigenvalue weighted by atomic mass is 9.72. The second-order valence-electron chi connectivity index (χ2n) is 8.64. The van der Waals surface area contributed by atoms with Crippen LogP contribution < -0.4 is 25.7 Å². The fourth-order valence-electron chi connectivity index (χ4n) is 4.76. The number of urea groups is 1. The van der Waals surface area contributed by atoms with Crippen LogP contribution in [-0.4, -0.2) is 31.9 Å². The van der Waals surface area contributed by atoms with Crippen molar-refractivity contribution in [3.8, 4) is 11.5 Å². The Hall–Kier alpha value is -3.82. The average molecular weight is 495 g/mol. The highest BCUT2D eigenvalue weighted by atomic mass is 19.4. The number of para-hydroxylation sites is 2. The van der Waals surface area contributed by atoms with Gasteiger partial charge in [-0.1, -0.05) is 37.5 Å². The van der Waals surface area contributed by atoms with Gasteiger partial charge in [0.05, 0.1) is 17.1 Å². The molecule has 1 aliphatic heterocycles. The first-order chi connectivity index (χ1) is 17.1. The number of nitrogens with zero attached hydrogens (tertiary/aromatic N) is 1. The Balaban J connectivity index is 1.59. The van der Waals surface area contributed by atoms with Gasteiger partial charge in [0.15, 0.2) is 0 Å². The van der Waals surface area contributed by atoms with Gasteiger partial charge in [0.2, 0.25) is 0 Å². The van der Waals surface area contributed by atoms with Gasteiger partial charge >= 0.3 is 12.4 Å². The number of ether oxygens (including phenoxy) is 1. The summed E-state index contributed by atoms with van der Waals surface area (Å²) in [5.41, 5.74) is 3.30. The normalized spacial score (nSPS) is 14.3. The van der Waals surface area contributed by atoms with Crippen molar-refractivity contribution in [2.45, 2.75) is 38.5 Å². The summed E-state index contributed by atoms with van der Waals surface area (Å²) in [6, 6.07) is 14.7. The molecule has 0 fully saturated rings. The highest BCUT2D eigenvalue weighted by molar-refractivity contribution is 6.34. The van der Waals surface area contributed by atoms with Gasteiger partial charge in [-0.25, -0.2) is 4.79 Å². The number of aromatic hydroxyl groups is 1. The summed E-state index contributed by atoms with van der Waals surface area (Å²) < 4.78 is 40.9. The zero-order valence-corrected chi connectivity index (χ0v) is 19.8. The van der Waals surface area contributed by atoms with Crippen LogP contribution in [0.2, 0.25) is 0 Å². The number of halogens is 3. The van der Waals surface area contributed by atoms with Crippen molar-refractivity contribution in [3.05, 3.63) is 66.2 Å².